The first kappa shape index (κ1) is 20.2. The Kier molecular flexibility index (Phi) is 6.62. The van der Waals surface area contributed by atoms with Crippen LogP contribution in [0.15, 0.2) is 24.3 Å². The molecule has 1 fully saturated rings. The highest BCUT2D eigenvalue weighted by molar-refractivity contribution is 5.86. The Bertz CT molecular complexity index is 625. The van der Waals surface area contributed by atoms with Gasteiger partial charge in [-0.15, -0.1) is 0 Å². The van der Waals surface area contributed by atoms with E-state index < -0.39 is 17.7 Å². The van der Waals surface area contributed by atoms with Crippen LogP contribution in [0.25, 0.3) is 0 Å². The minimum Gasteiger partial charge on any atom is -0.444 e. The number of benzene rings is 1. The lowest BCUT2D eigenvalue weighted by atomic mass is 10.0. The monoisotopic (exact) mass is 364 g/mol. The molecule has 0 bridgehead atoms. The zero-order valence-electron chi connectivity index (χ0n) is 16.1. The fraction of sp³-hybridized carbons (Fsp3) is 0.600. The van der Waals surface area contributed by atoms with Crippen LogP contribution in [0.1, 0.15) is 52.5 Å². The van der Waals surface area contributed by atoms with Crippen molar-refractivity contribution < 1.29 is 18.7 Å². The average Bonchev–Trinajstić information content (AvgIpc) is 2.59. The van der Waals surface area contributed by atoms with Crippen molar-refractivity contribution in [2.75, 3.05) is 13.1 Å². The van der Waals surface area contributed by atoms with E-state index in [2.05, 4.69) is 0 Å². The van der Waals surface area contributed by atoms with Crippen LogP contribution < -0.4 is 0 Å². The molecule has 1 saturated heterocycles. The highest BCUT2D eigenvalue weighted by atomic mass is 19.1. The van der Waals surface area contributed by atoms with Gasteiger partial charge in [0.15, 0.2) is 0 Å². The number of amides is 2. The van der Waals surface area contributed by atoms with Gasteiger partial charge in [0.05, 0.1) is 0 Å². The SMILES string of the molecule is CCN(Cc1ccc(F)cc1)C(=O)C1CCCCN1C(=O)OC(C)(C)C. The molecule has 1 aliphatic heterocycles. The molecule has 2 rings (SSSR count). The fourth-order valence-electron chi connectivity index (χ4n) is 3.09. The molecule has 1 aliphatic rings. The molecule has 0 N–H and O–H groups in total. The summed E-state index contributed by atoms with van der Waals surface area (Å²) >= 11 is 0. The molecule has 0 aliphatic carbocycles. The molecule has 0 saturated carbocycles. The zero-order chi connectivity index (χ0) is 19.3. The number of carbonyl (C=O) groups excluding carboxylic acids is 2. The van der Waals surface area contributed by atoms with Crippen LogP contribution in [0, 0.1) is 5.82 Å². The van der Waals surface area contributed by atoms with E-state index in [4.69, 9.17) is 4.74 Å². The quantitative estimate of drug-likeness (QED) is 0.812. The zero-order valence-corrected chi connectivity index (χ0v) is 16.1. The molecule has 5 nitrogen and oxygen atoms in total. The standard InChI is InChI=1S/C20H29FN2O3/c1-5-22(14-15-9-11-16(21)12-10-15)18(24)17-8-6-7-13-23(17)19(25)26-20(2,3)4/h9-12,17H,5-8,13-14H2,1-4H3. The summed E-state index contributed by atoms with van der Waals surface area (Å²) in [4.78, 5) is 28.9. The van der Waals surface area contributed by atoms with Crippen molar-refractivity contribution >= 4 is 12.0 Å². The minimum atomic E-state index is -0.597. The third-order valence-electron chi connectivity index (χ3n) is 4.40. The van der Waals surface area contributed by atoms with Crippen LogP contribution in [0.5, 0.6) is 0 Å². The Morgan fingerprint density at radius 2 is 1.88 bits per heavy atom. The van der Waals surface area contributed by atoms with Gasteiger partial charge in [0.1, 0.15) is 17.5 Å². The van der Waals surface area contributed by atoms with Gasteiger partial charge in [-0.2, -0.15) is 0 Å². The topological polar surface area (TPSA) is 49.9 Å². The number of carbonyl (C=O) groups is 2. The van der Waals surface area contributed by atoms with Gasteiger partial charge < -0.3 is 9.64 Å². The van der Waals surface area contributed by atoms with Gasteiger partial charge in [0.25, 0.3) is 0 Å². The van der Waals surface area contributed by atoms with Crippen molar-refractivity contribution in [2.45, 2.75) is 65.1 Å². The van der Waals surface area contributed by atoms with Gasteiger partial charge in [-0.05, 0) is 64.7 Å². The third-order valence-corrected chi connectivity index (χ3v) is 4.40. The van der Waals surface area contributed by atoms with Gasteiger partial charge in [-0.3, -0.25) is 9.69 Å². The molecule has 0 aromatic heterocycles. The average molecular weight is 364 g/mol. The van der Waals surface area contributed by atoms with Crippen LogP contribution in [-0.4, -0.2) is 46.5 Å². The lowest BCUT2D eigenvalue weighted by Gasteiger charge is -2.38. The van der Waals surface area contributed by atoms with Crippen molar-refractivity contribution in [3.8, 4) is 0 Å². The van der Waals surface area contributed by atoms with Gasteiger partial charge in [-0.1, -0.05) is 12.1 Å². The van der Waals surface area contributed by atoms with Crippen LogP contribution in [0.2, 0.25) is 0 Å². The second-order valence-corrected chi connectivity index (χ2v) is 7.66. The summed E-state index contributed by atoms with van der Waals surface area (Å²) < 4.78 is 18.6. The van der Waals surface area contributed by atoms with Crippen LogP contribution in [0.4, 0.5) is 9.18 Å². The summed E-state index contributed by atoms with van der Waals surface area (Å²) in [5.74, 6) is -0.381. The molecule has 1 unspecified atom stereocenters. The maximum Gasteiger partial charge on any atom is 0.410 e. The predicted octanol–water partition coefficient (Wildman–Crippen LogP) is 3.96. The van der Waals surface area contributed by atoms with Gasteiger partial charge in [0, 0.05) is 19.6 Å². The van der Waals surface area contributed by atoms with E-state index in [-0.39, 0.29) is 11.7 Å². The van der Waals surface area contributed by atoms with E-state index >= 15 is 0 Å². The first-order chi connectivity index (χ1) is 12.2. The summed E-state index contributed by atoms with van der Waals surface area (Å²) in [5, 5.41) is 0. The number of nitrogens with zero attached hydrogens (tertiary/aromatic N) is 2. The number of hydrogen-bond acceptors (Lipinski definition) is 3. The Labute approximate surface area is 155 Å². The smallest absolute Gasteiger partial charge is 0.410 e. The maximum absolute atomic E-state index is 13.1. The van der Waals surface area contributed by atoms with Crippen molar-refractivity contribution in [2.24, 2.45) is 0 Å². The molecule has 26 heavy (non-hydrogen) atoms. The molecule has 1 atom stereocenters. The van der Waals surface area contributed by atoms with Crippen LogP contribution in [0.3, 0.4) is 0 Å². The van der Waals surface area contributed by atoms with Crippen molar-refractivity contribution in [1.82, 2.24) is 9.80 Å². The number of halogens is 1. The van der Waals surface area contributed by atoms with Gasteiger partial charge in [0.2, 0.25) is 5.91 Å². The van der Waals surface area contributed by atoms with E-state index in [9.17, 15) is 14.0 Å². The summed E-state index contributed by atoms with van der Waals surface area (Å²) in [6.07, 6.45) is 1.97. The van der Waals surface area contributed by atoms with E-state index in [1.165, 1.54) is 12.1 Å². The highest BCUT2D eigenvalue weighted by Crippen LogP contribution is 2.23. The number of hydrogen-bond donors (Lipinski definition) is 0. The molecular formula is C20H29FN2O3. The molecule has 0 spiro atoms. The van der Waals surface area contributed by atoms with Crippen LogP contribution >= 0.6 is 0 Å². The molecule has 1 aromatic carbocycles. The number of piperidine rings is 1. The minimum absolute atomic E-state index is 0.0811. The lowest BCUT2D eigenvalue weighted by molar-refractivity contribution is -0.138. The molecule has 1 heterocycles. The second-order valence-electron chi connectivity index (χ2n) is 7.66. The van der Waals surface area contributed by atoms with Crippen molar-refractivity contribution in [3.05, 3.63) is 35.6 Å². The van der Waals surface area contributed by atoms with Crippen LogP contribution in [-0.2, 0) is 16.1 Å². The number of likely N-dealkylation sites (N-methyl/N-ethyl adjacent to an activating group) is 1. The number of ether oxygens (including phenoxy) is 1. The molecular weight excluding hydrogens is 335 g/mol. The molecule has 144 valence electrons. The van der Waals surface area contributed by atoms with Crippen molar-refractivity contribution in [3.63, 3.8) is 0 Å². The van der Waals surface area contributed by atoms with E-state index in [1.807, 2.05) is 27.7 Å². The molecule has 6 heteroatoms. The normalized spacial score (nSPS) is 17.7. The number of likely N-dealkylation sites (tertiary alicyclic amines) is 1. The first-order valence-corrected chi connectivity index (χ1v) is 9.24. The van der Waals surface area contributed by atoms with E-state index in [0.29, 0.717) is 26.1 Å². The summed E-state index contributed by atoms with van der Waals surface area (Å²) in [6.45, 7) is 8.81. The fourth-order valence-corrected chi connectivity index (χ4v) is 3.09. The lowest BCUT2D eigenvalue weighted by Crippen LogP contribution is -2.53. The molecule has 0 radical (unpaired) electrons. The van der Waals surface area contributed by atoms with E-state index in [1.54, 1.807) is 21.9 Å². The summed E-state index contributed by atoms with van der Waals surface area (Å²) in [6, 6.07) is 5.64. The number of rotatable bonds is 4. The molecule has 1 aromatic rings. The Hall–Kier alpha value is -2.11. The second kappa shape index (κ2) is 8.52. The Morgan fingerprint density at radius 1 is 1.23 bits per heavy atom. The Balaban J connectivity index is 2.11. The van der Waals surface area contributed by atoms with E-state index in [0.717, 1.165) is 18.4 Å². The summed E-state index contributed by atoms with van der Waals surface area (Å²) in [5.41, 5.74) is 0.266. The van der Waals surface area contributed by atoms with Gasteiger partial charge in [-0.25, -0.2) is 9.18 Å². The maximum atomic E-state index is 13.1. The predicted molar refractivity (Wildman–Crippen MR) is 98.1 cm³/mol. The van der Waals surface area contributed by atoms with Crippen molar-refractivity contribution in [1.29, 1.82) is 0 Å². The summed E-state index contributed by atoms with van der Waals surface area (Å²) in [7, 11) is 0. The first-order valence-electron chi connectivity index (χ1n) is 9.24. The van der Waals surface area contributed by atoms with Gasteiger partial charge >= 0.3 is 6.09 Å². The highest BCUT2D eigenvalue weighted by Gasteiger charge is 2.36. The Morgan fingerprint density at radius 3 is 2.46 bits per heavy atom. The third kappa shape index (κ3) is 5.44. The largest absolute Gasteiger partial charge is 0.444 e. The molecule has 2 amide bonds.